The quantitative estimate of drug-likeness (QED) is 0.204. The van der Waals surface area contributed by atoms with Crippen LogP contribution in [-0.2, 0) is 0 Å². The molecular weight excluding hydrogens is 544 g/mol. The summed E-state index contributed by atoms with van der Waals surface area (Å²) in [6, 6.07) is 44.5. The molecule has 0 bridgehead atoms. The minimum atomic E-state index is 0.853. The Bertz CT molecular complexity index is 2280. The highest BCUT2D eigenvalue weighted by Gasteiger charge is 2.12. The number of aromatic nitrogens is 8. The van der Waals surface area contributed by atoms with Crippen LogP contribution in [-0.4, -0.2) is 40.0 Å². The van der Waals surface area contributed by atoms with Crippen molar-refractivity contribution in [1.82, 2.24) is 40.0 Å². The van der Waals surface area contributed by atoms with Crippen molar-refractivity contribution >= 4 is 43.9 Å². The molecule has 0 radical (unpaired) electrons. The molecule has 4 aromatic heterocycles. The van der Waals surface area contributed by atoms with Gasteiger partial charge in [0.2, 0.25) is 0 Å². The van der Waals surface area contributed by atoms with Crippen molar-refractivity contribution in [3.05, 3.63) is 133 Å². The van der Waals surface area contributed by atoms with Crippen LogP contribution in [0.3, 0.4) is 0 Å². The highest BCUT2D eigenvalue weighted by molar-refractivity contribution is 6.04. The SMILES string of the molecule is c1cc(-c2ccc3ccc4ccc(-c5cccc(-n6nc7ccccc7n6)c5)nc4c3n2)cc(-n2nc3ccccc3n2)c1. The van der Waals surface area contributed by atoms with Crippen molar-refractivity contribution in [2.45, 2.75) is 0 Å². The molecule has 9 aromatic rings. The highest BCUT2D eigenvalue weighted by atomic mass is 15.5. The van der Waals surface area contributed by atoms with Crippen LogP contribution < -0.4 is 0 Å². The van der Waals surface area contributed by atoms with E-state index < -0.39 is 0 Å². The second kappa shape index (κ2) is 9.64. The Kier molecular flexibility index (Phi) is 5.33. The third-order valence-electron chi connectivity index (χ3n) is 7.84. The van der Waals surface area contributed by atoms with Gasteiger partial charge in [-0.25, -0.2) is 9.97 Å². The van der Waals surface area contributed by atoms with Gasteiger partial charge in [0.1, 0.15) is 22.1 Å². The number of rotatable bonds is 4. The van der Waals surface area contributed by atoms with Crippen LogP contribution in [0.25, 0.3) is 77.8 Å². The zero-order valence-corrected chi connectivity index (χ0v) is 23.3. The molecule has 5 aromatic carbocycles. The lowest BCUT2D eigenvalue weighted by atomic mass is 10.1. The molecule has 44 heavy (non-hydrogen) atoms. The smallest absolute Gasteiger partial charge is 0.113 e. The molecule has 0 saturated carbocycles. The third-order valence-corrected chi connectivity index (χ3v) is 7.84. The Morgan fingerprint density at radius 1 is 0.364 bits per heavy atom. The average Bonchev–Trinajstić information content (AvgIpc) is 3.73. The van der Waals surface area contributed by atoms with Crippen LogP contribution in [0.1, 0.15) is 0 Å². The Labute approximate surface area is 250 Å². The molecule has 0 unspecified atom stereocenters. The molecule has 0 aliphatic heterocycles. The van der Waals surface area contributed by atoms with Crippen molar-refractivity contribution in [2.75, 3.05) is 0 Å². The largest absolute Gasteiger partial charge is 0.245 e. The van der Waals surface area contributed by atoms with Gasteiger partial charge in [0.25, 0.3) is 0 Å². The fraction of sp³-hybridized carbons (Fsp3) is 0. The van der Waals surface area contributed by atoms with Crippen LogP contribution in [0.5, 0.6) is 0 Å². The van der Waals surface area contributed by atoms with E-state index in [-0.39, 0.29) is 0 Å². The number of hydrogen-bond donors (Lipinski definition) is 0. The topological polar surface area (TPSA) is 87.2 Å². The minimum Gasteiger partial charge on any atom is -0.245 e. The lowest BCUT2D eigenvalue weighted by molar-refractivity contribution is 0.766. The molecule has 0 N–H and O–H groups in total. The van der Waals surface area contributed by atoms with Crippen molar-refractivity contribution in [3.63, 3.8) is 0 Å². The van der Waals surface area contributed by atoms with E-state index in [4.69, 9.17) is 9.97 Å². The highest BCUT2D eigenvalue weighted by Crippen LogP contribution is 2.30. The zero-order valence-electron chi connectivity index (χ0n) is 23.3. The molecule has 0 amide bonds. The summed E-state index contributed by atoms with van der Waals surface area (Å²) >= 11 is 0. The minimum absolute atomic E-state index is 0.853. The first-order valence-electron chi connectivity index (χ1n) is 14.3. The average molecular weight is 567 g/mol. The third kappa shape index (κ3) is 4.08. The summed E-state index contributed by atoms with van der Waals surface area (Å²) in [5, 5.41) is 20.7. The van der Waals surface area contributed by atoms with Crippen LogP contribution in [0.4, 0.5) is 0 Å². The Morgan fingerprint density at radius 3 is 1.16 bits per heavy atom. The van der Waals surface area contributed by atoms with E-state index in [0.717, 1.165) is 77.8 Å². The lowest BCUT2D eigenvalue weighted by Crippen LogP contribution is -1.99. The molecule has 4 heterocycles. The summed E-state index contributed by atoms with van der Waals surface area (Å²) in [7, 11) is 0. The fourth-order valence-corrected chi connectivity index (χ4v) is 5.62. The van der Waals surface area contributed by atoms with Gasteiger partial charge in [0.05, 0.1) is 33.8 Å². The maximum Gasteiger partial charge on any atom is 0.113 e. The van der Waals surface area contributed by atoms with E-state index in [1.165, 1.54) is 0 Å². The molecule has 9 rings (SSSR count). The zero-order chi connectivity index (χ0) is 29.0. The van der Waals surface area contributed by atoms with Crippen molar-refractivity contribution < 1.29 is 0 Å². The van der Waals surface area contributed by atoms with Crippen LogP contribution in [0.15, 0.2) is 133 Å². The molecule has 0 atom stereocenters. The van der Waals surface area contributed by atoms with Crippen molar-refractivity contribution in [2.24, 2.45) is 0 Å². The van der Waals surface area contributed by atoms with E-state index in [1.807, 2.05) is 72.8 Å². The summed E-state index contributed by atoms with van der Waals surface area (Å²) in [5.41, 5.74) is 10.5. The van der Waals surface area contributed by atoms with Crippen LogP contribution in [0.2, 0.25) is 0 Å². The van der Waals surface area contributed by atoms with E-state index in [0.29, 0.717) is 0 Å². The second-order valence-electron chi connectivity index (χ2n) is 10.7. The number of nitrogens with zero attached hydrogens (tertiary/aromatic N) is 8. The first-order chi connectivity index (χ1) is 21.7. The monoisotopic (exact) mass is 566 g/mol. The van der Waals surface area contributed by atoms with Gasteiger partial charge in [-0.3, -0.25) is 0 Å². The van der Waals surface area contributed by atoms with Gasteiger partial charge >= 0.3 is 0 Å². The number of hydrogen-bond acceptors (Lipinski definition) is 6. The predicted octanol–water partition coefficient (Wildman–Crippen LogP) is 7.58. The Morgan fingerprint density at radius 2 is 0.750 bits per heavy atom. The summed E-state index contributed by atoms with van der Waals surface area (Å²) in [5.74, 6) is 0. The molecule has 8 nitrogen and oxygen atoms in total. The molecule has 0 spiro atoms. The molecule has 0 saturated heterocycles. The van der Waals surface area contributed by atoms with E-state index >= 15 is 0 Å². The molecule has 0 fully saturated rings. The second-order valence-corrected chi connectivity index (χ2v) is 10.7. The number of fused-ring (bicyclic) bond motifs is 5. The normalized spacial score (nSPS) is 11.6. The van der Waals surface area contributed by atoms with E-state index in [1.54, 1.807) is 9.59 Å². The van der Waals surface area contributed by atoms with Gasteiger partial charge in [-0.05, 0) is 60.7 Å². The first-order valence-corrected chi connectivity index (χ1v) is 14.3. The summed E-state index contributed by atoms with van der Waals surface area (Å²) in [4.78, 5) is 13.6. The van der Waals surface area contributed by atoms with Gasteiger partial charge in [0, 0.05) is 21.9 Å². The standard InChI is InChI=1S/C36H22N8/c1-2-12-32-31(11-1)39-43(40-32)27-9-5-7-25(21-27)29-19-17-23-15-16-24-18-20-30(38-36(24)35(23)37-29)26-8-6-10-28(22-26)44-41-33-13-3-4-14-34(33)42-44/h1-22H. The van der Waals surface area contributed by atoms with E-state index in [9.17, 15) is 0 Å². The van der Waals surface area contributed by atoms with Crippen molar-refractivity contribution in [3.8, 4) is 33.9 Å². The maximum absolute atomic E-state index is 5.14. The summed E-state index contributed by atoms with van der Waals surface area (Å²) < 4.78 is 0. The van der Waals surface area contributed by atoms with Crippen LogP contribution >= 0.6 is 0 Å². The summed E-state index contributed by atoms with van der Waals surface area (Å²) in [6.45, 7) is 0. The predicted molar refractivity (Wildman–Crippen MR) is 173 cm³/mol. The van der Waals surface area contributed by atoms with E-state index in [2.05, 4.69) is 81.1 Å². The molecule has 8 heteroatoms. The van der Waals surface area contributed by atoms with Gasteiger partial charge in [0.15, 0.2) is 0 Å². The van der Waals surface area contributed by atoms with Gasteiger partial charge in [-0.15, -0.1) is 20.4 Å². The molecule has 0 aliphatic rings. The Hall–Kier alpha value is -6.28. The number of benzene rings is 5. The fourth-order valence-electron chi connectivity index (χ4n) is 5.62. The van der Waals surface area contributed by atoms with Crippen molar-refractivity contribution in [1.29, 1.82) is 0 Å². The summed E-state index contributed by atoms with van der Waals surface area (Å²) in [6.07, 6.45) is 0. The van der Waals surface area contributed by atoms with Gasteiger partial charge in [-0.1, -0.05) is 72.8 Å². The van der Waals surface area contributed by atoms with Gasteiger partial charge < -0.3 is 0 Å². The molecule has 0 aliphatic carbocycles. The Balaban J connectivity index is 1.13. The molecular formula is C36H22N8. The molecule has 206 valence electrons. The maximum atomic E-state index is 5.14. The van der Waals surface area contributed by atoms with Crippen LogP contribution in [0, 0.1) is 0 Å². The number of pyridine rings is 2. The first kappa shape index (κ1) is 24.3. The lowest BCUT2D eigenvalue weighted by Gasteiger charge is -2.09. The van der Waals surface area contributed by atoms with Gasteiger partial charge in [-0.2, -0.15) is 9.59 Å².